The van der Waals surface area contributed by atoms with Gasteiger partial charge in [0.25, 0.3) is 0 Å². The number of hydrogen-bond acceptors (Lipinski definition) is 11. The number of carbonyl (C=O) groups is 2. The van der Waals surface area contributed by atoms with Crippen LogP contribution in [0.3, 0.4) is 0 Å². The molecule has 53 heavy (non-hydrogen) atoms. The third-order valence-corrected chi connectivity index (χ3v) is 9.35. The predicted molar refractivity (Wildman–Crippen MR) is 201 cm³/mol. The van der Waals surface area contributed by atoms with Gasteiger partial charge in [-0.3, -0.25) is 4.79 Å². The molecular weight excluding hydrogens is 680 g/mol. The second kappa shape index (κ2) is 21.8. The summed E-state index contributed by atoms with van der Waals surface area (Å²) in [6.45, 7) is 9.79. The molecule has 0 unspecified atom stereocenters. The van der Waals surface area contributed by atoms with E-state index in [4.69, 9.17) is 37.9 Å². The lowest BCUT2D eigenvalue weighted by Crippen LogP contribution is -2.62. The Labute approximate surface area is 314 Å². The van der Waals surface area contributed by atoms with Gasteiger partial charge in [0.1, 0.15) is 5.75 Å². The van der Waals surface area contributed by atoms with Gasteiger partial charge in [0.15, 0.2) is 12.4 Å². The Morgan fingerprint density at radius 3 is 2.26 bits per heavy atom. The quantitative estimate of drug-likeness (QED) is 0.0441. The van der Waals surface area contributed by atoms with Crippen LogP contribution in [0.5, 0.6) is 5.75 Å². The summed E-state index contributed by atoms with van der Waals surface area (Å²) in [7, 11) is 5.87. The first-order valence-corrected chi connectivity index (χ1v) is 18.0. The largest absolute Gasteiger partial charge is 0.497 e. The van der Waals surface area contributed by atoms with E-state index in [1.807, 2.05) is 61.5 Å². The first kappa shape index (κ1) is 43.6. The summed E-state index contributed by atoms with van der Waals surface area (Å²) >= 11 is 0. The van der Waals surface area contributed by atoms with Crippen LogP contribution in [0.15, 0.2) is 91.1 Å². The third-order valence-electron chi connectivity index (χ3n) is 9.35. The van der Waals surface area contributed by atoms with Crippen molar-refractivity contribution in [3.63, 3.8) is 0 Å². The highest BCUT2D eigenvalue weighted by Crippen LogP contribution is 2.47. The minimum atomic E-state index is -2.16. The maximum Gasteiger partial charge on any atom is 0.330 e. The number of benzene rings is 2. The molecule has 1 aliphatic rings. The van der Waals surface area contributed by atoms with Gasteiger partial charge in [-0.05, 0) is 67.5 Å². The highest BCUT2D eigenvalue weighted by molar-refractivity contribution is 5.83. The summed E-state index contributed by atoms with van der Waals surface area (Å²) in [5.74, 6) is -2.63. The van der Waals surface area contributed by atoms with Crippen molar-refractivity contribution in [2.24, 2.45) is 5.41 Å². The number of ether oxygens (including phenoxy) is 8. The van der Waals surface area contributed by atoms with E-state index in [0.717, 1.165) is 29.7 Å². The van der Waals surface area contributed by atoms with Crippen molar-refractivity contribution in [2.75, 3.05) is 28.4 Å². The topological polar surface area (TPSA) is 128 Å². The summed E-state index contributed by atoms with van der Waals surface area (Å²) in [5.41, 5.74) is 1.06. The molecule has 11 nitrogen and oxygen atoms in total. The second-order valence-electron chi connectivity index (χ2n) is 13.6. The van der Waals surface area contributed by atoms with Crippen LogP contribution < -0.4 is 4.74 Å². The molecule has 1 saturated heterocycles. The van der Waals surface area contributed by atoms with Gasteiger partial charge in [0, 0.05) is 38.6 Å². The average molecular weight is 739 g/mol. The number of allylic oxidation sites excluding steroid dienone is 1. The molecule has 0 radical (unpaired) electrons. The lowest BCUT2D eigenvalue weighted by molar-refractivity contribution is -0.328. The summed E-state index contributed by atoms with van der Waals surface area (Å²) in [5, 5.41) is 12.7. The summed E-state index contributed by atoms with van der Waals surface area (Å²) in [4.78, 5) is 26.1. The molecule has 0 saturated carbocycles. The van der Waals surface area contributed by atoms with Crippen molar-refractivity contribution in [2.45, 2.75) is 109 Å². The van der Waals surface area contributed by atoms with Crippen molar-refractivity contribution in [3.8, 4) is 5.75 Å². The molecule has 11 heteroatoms. The average Bonchev–Trinajstić information content (AvgIpc) is 3.16. The number of esters is 2. The van der Waals surface area contributed by atoms with Crippen molar-refractivity contribution < 1.29 is 52.6 Å². The zero-order valence-corrected chi connectivity index (χ0v) is 32.3. The normalized spacial score (nSPS) is 21.0. The first-order chi connectivity index (χ1) is 25.4. The van der Waals surface area contributed by atoms with E-state index in [9.17, 15) is 14.7 Å². The van der Waals surface area contributed by atoms with Crippen molar-refractivity contribution in [1.82, 2.24) is 0 Å². The lowest BCUT2D eigenvalue weighted by Gasteiger charge is -2.51. The van der Waals surface area contributed by atoms with Gasteiger partial charge in [-0.1, -0.05) is 68.5 Å². The number of carbonyl (C=O) groups excluding carboxylic acids is 2. The molecule has 3 rings (SSSR count). The van der Waals surface area contributed by atoms with Gasteiger partial charge in [-0.15, -0.1) is 6.58 Å². The molecule has 2 aromatic carbocycles. The van der Waals surface area contributed by atoms with E-state index in [1.165, 1.54) is 27.4 Å². The minimum absolute atomic E-state index is 0.110. The molecule has 292 valence electrons. The summed E-state index contributed by atoms with van der Waals surface area (Å²) in [6, 6.07) is 17.4. The van der Waals surface area contributed by atoms with Crippen molar-refractivity contribution in [3.05, 3.63) is 102 Å². The third kappa shape index (κ3) is 13.2. The molecule has 5 atom stereocenters. The van der Waals surface area contributed by atoms with E-state index in [2.05, 4.69) is 6.58 Å². The lowest BCUT2D eigenvalue weighted by atomic mass is 9.74. The Morgan fingerprint density at radius 1 is 0.981 bits per heavy atom. The van der Waals surface area contributed by atoms with Gasteiger partial charge in [0.05, 0.1) is 45.7 Å². The van der Waals surface area contributed by atoms with E-state index < -0.39 is 53.8 Å². The maximum atomic E-state index is 13.3. The first-order valence-electron chi connectivity index (χ1n) is 18.0. The Kier molecular flexibility index (Phi) is 17.9. The Morgan fingerprint density at radius 2 is 1.64 bits per heavy atom. The van der Waals surface area contributed by atoms with E-state index in [0.29, 0.717) is 18.6 Å². The van der Waals surface area contributed by atoms with Gasteiger partial charge in [0.2, 0.25) is 5.79 Å². The molecule has 1 fully saturated rings. The number of unbranched alkanes of at least 4 members (excludes halogenated alkanes) is 2. The minimum Gasteiger partial charge on any atom is -0.497 e. The van der Waals surface area contributed by atoms with E-state index in [1.54, 1.807) is 39.2 Å². The van der Waals surface area contributed by atoms with Gasteiger partial charge >= 0.3 is 11.9 Å². The van der Waals surface area contributed by atoms with Crippen molar-refractivity contribution in [1.29, 1.82) is 0 Å². The molecule has 0 spiro atoms. The van der Waals surface area contributed by atoms with Gasteiger partial charge in [-0.25, -0.2) is 4.79 Å². The fourth-order valence-electron chi connectivity index (χ4n) is 6.03. The smallest absolute Gasteiger partial charge is 0.330 e. The SMILES string of the molecule is C=CCCCCC(=O)O[C@H]1C(=CC(=O)OC)C[C@@H](C[C@@H](OCc2ccc(OC)cc2)[C@H](C)OCc2ccccc2)O[C@@]1(O)C(C)(C)C=CC(OC)OC. The highest BCUT2D eigenvalue weighted by atomic mass is 16.7. The Hall–Kier alpha value is -3.84. The van der Waals surface area contributed by atoms with Crippen LogP contribution in [0.4, 0.5) is 0 Å². The fraction of sp³-hybridized carbons (Fsp3) is 0.524. The molecule has 0 amide bonds. The maximum absolute atomic E-state index is 13.3. The van der Waals surface area contributed by atoms with Gasteiger partial charge < -0.3 is 43.0 Å². The molecule has 0 aromatic heterocycles. The summed E-state index contributed by atoms with van der Waals surface area (Å²) < 4.78 is 46.6. The number of rotatable bonds is 22. The zero-order valence-electron chi connectivity index (χ0n) is 32.3. The molecule has 2 aromatic rings. The fourth-order valence-corrected chi connectivity index (χ4v) is 6.03. The second-order valence-corrected chi connectivity index (χ2v) is 13.6. The van der Waals surface area contributed by atoms with Crippen LogP contribution in [0.1, 0.15) is 70.4 Å². The van der Waals surface area contributed by atoms with Crippen LogP contribution in [0, 0.1) is 5.41 Å². The number of methoxy groups -OCH3 is 4. The van der Waals surface area contributed by atoms with Crippen LogP contribution in [-0.4, -0.2) is 82.0 Å². The van der Waals surface area contributed by atoms with Crippen molar-refractivity contribution >= 4 is 11.9 Å². The molecular formula is C42H58O11. The van der Waals surface area contributed by atoms with E-state index in [-0.39, 0.29) is 25.9 Å². The number of hydrogen-bond donors (Lipinski definition) is 1. The van der Waals surface area contributed by atoms with E-state index >= 15 is 0 Å². The molecule has 1 N–H and O–H groups in total. The Bertz CT molecular complexity index is 1470. The summed E-state index contributed by atoms with van der Waals surface area (Å²) in [6.07, 6.45) is 5.26. The predicted octanol–water partition coefficient (Wildman–Crippen LogP) is 7.01. The van der Waals surface area contributed by atoms with Crippen LogP contribution >= 0.6 is 0 Å². The monoisotopic (exact) mass is 738 g/mol. The Balaban J connectivity index is 2.01. The molecule has 1 heterocycles. The number of aliphatic hydroxyl groups is 1. The molecule has 0 bridgehead atoms. The van der Waals surface area contributed by atoms with Crippen LogP contribution in [0.25, 0.3) is 0 Å². The standard InChI is InChI=1S/C42H58O11/c1-9-10-11-15-18-37(43)52-40-33(26-38(44)47-6)25-35(53-42(40,45)41(3,4)24-23-39(48-7)49-8)27-36(30(2)50-28-31-16-13-12-14-17-31)51-29-32-19-21-34(46-5)22-20-32/h9,12-14,16-17,19-24,26,30,35-36,39-40,45H,1,10-11,15,18,25,27-29H2,2-8H3/t30-,35-,36+,40-,42+/m0/s1. The van der Waals surface area contributed by atoms with Crippen LogP contribution in [0.2, 0.25) is 0 Å². The molecule has 1 aliphatic heterocycles. The zero-order chi connectivity index (χ0) is 38.9. The highest BCUT2D eigenvalue weighted by Gasteiger charge is 2.57. The van der Waals surface area contributed by atoms with Gasteiger partial charge in [-0.2, -0.15) is 0 Å². The molecule has 0 aliphatic carbocycles. The van der Waals surface area contributed by atoms with Crippen LogP contribution in [-0.2, 0) is 56.0 Å².